The fourth-order valence-electron chi connectivity index (χ4n) is 3.34. The van der Waals surface area contributed by atoms with Crippen LogP contribution in [0.15, 0.2) is 42.5 Å². The normalized spacial score (nSPS) is 16.4. The Kier molecular flexibility index (Phi) is 5.66. The van der Waals surface area contributed by atoms with Gasteiger partial charge in [0.25, 0.3) is 0 Å². The van der Waals surface area contributed by atoms with Gasteiger partial charge >= 0.3 is 0 Å². The second kappa shape index (κ2) is 8.33. The molecular formula is C20H22ClN3O2S. The van der Waals surface area contributed by atoms with E-state index in [0.29, 0.717) is 13.3 Å². The highest BCUT2D eigenvalue weighted by molar-refractivity contribution is 7.80. The third-order valence-electron chi connectivity index (χ3n) is 4.84. The van der Waals surface area contributed by atoms with Gasteiger partial charge in [-0.05, 0) is 47.6 Å². The molecule has 27 heavy (non-hydrogen) atoms. The third-order valence-corrected chi connectivity index (χ3v) is 5.47. The van der Waals surface area contributed by atoms with Gasteiger partial charge in [-0.1, -0.05) is 29.8 Å². The number of piperazine rings is 1. The van der Waals surface area contributed by atoms with Gasteiger partial charge in [0.05, 0.1) is 0 Å². The van der Waals surface area contributed by atoms with E-state index in [9.17, 15) is 0 Å². The Labute approximate surface area is 169 Å². The zero-order valence-electron chi connectivity index (χ0n) is 15.0. The summed E-state index contributed by atoms with van der Waals surface area (Å²) in [6.45, 7) is 5.71. The van der Waals surface area contributed by atoms with Crippen LogP contribution in [0.4, 0.5) is 0 Å². The lowest BCUT2D eigenvalue weighted by Crippen LogP contribution is -2.51. The summed E-state index contributed by atoms with van der Waals surface area (Å²) in [4.78, 5) is 4.67. The lowest BCUT2D eigenvalue weighted by Gasteiger charge is -2.36. The number of halogens is 1. The summed E-state index contributed by atoms with van der Waals surface area (Å²) in [7, 11) is 0. The minimum atomic E-state index is 0.296. The molecule has 1 fully saturated rings. The Morgan fingerprint density at radius 1 is 1.00 bits per heavy atom. The monoisotopic (exact) mass is 403 g/mol. The predicted octanol–water partition coefficient (Wildman–Crippen LogP) is 3.26. The average Bonchev–Trinajstić information content (AvgIpc) is 3.14. The molecule has 5 nitrogen and oxygen atoms in total. The number of benzene rings is 2. The topological polar surface area (TPSA) is 37.0 Å². The van der Waals surface area contributed by atoms with Crippen LogP contribution in [0.2, 0.25) is 5.02 Å². The summed E-state index contributed by atoms with van der Waals surface area (Å²) in [5, 5.41) is 4.95. The van der Waals surface area contributed by atoms with Crippen LogP contribution in [-0.2, 0) is 13.1 Å². The van der Waals surface area contributed by atoms with Crippen LogP contribution in [0.5, 0.6) is 11.5 Å². The zero-order valence-corrected chi connectivity index (χ0v) is 16.6. The minimum Gasteiger partial charge on any atom is -0.454 e. The molecule has 0 atom stereocenters. The number of hydrogen-bond donors (Lipinski definition) is 1. The molecule has 0 saturated carbocycles. The van der Waals surface area contributed by atoms with Crippen molar-refractivity contribution in [2.45, 2.75) is 13.1 Å². The van der Waals surface area contributed by atoms with Gasteiger partial charge in [-0.3, -0.25) is 4.90 Å². The quantitative estimate of drug-likeness (QED) is 0.790. The summed E-state index contributed by atoms with van der Waals surface area (Å²) >= 11 is 11.7. The summed E-state index contributed by atoms with van der Waals surface area (Å²) in [6, 6.07) is 14.0. The molecule has 7 heteroatoms. The molecule has 2 aromatic rings. The van der Waals surface area contributed by atoms with Gasteiger partial charge in [0.1, 0.15) is 0 Å². The molecule has 2 heterocycles. The molecule has 0 spiro atoms. The number of rotatable bonds is 4. The fraction of sp³-hybridized carbons (Fsp3) is 0.350. The third kappa shape index (κ3) is 4.64. The van der Waals surface area contributed by atoms with Gasteiger partial charge in [-0.25, -0.2) is 0 Å². The van der Waals surface area contributed by atoms with Gasteiger partial charge < -0.3 is 19.7 Å². The highest BCUT2D eigenvalue weighted by atomic mass is 35.5. The van der Waals surface area contributed by atoms with E-state index in [1.165, 1.54) is 5.56 Å². The predicted molar refractivity (Wildman–Crippen MR) is 110 cm³/mol. The van der Waals surface area contributed by atoms with Gasteiger partial charge in [0.15, 0.2) is 16.6 Å². The van der Waals surface area contributed by atoms with Crippen LogP contribution in [0.3, 0.4) is 0 Å². The Hall–Kier alpha value is -2.02. The Morgan fingerprint density at radius 3 is 2.63 bits per heavy atom. The maximum Gasteiger partial charge on any atom is 0.231 e. The molecule has 0 bridgehead atoms. The summed E-state index contributed by atoms with van der Waals surface area (Å²) in [5.74, 6) is 1.60. The van der Waals surface area contributed by atoms with E-state index in [1.54, 1.807) is 0 Å². The molecule has 4 rings (SSSR count). The van der Waals surface area contributed by atoms with Crippen LogP contribution in [0, 0.1) is 0 Å². The molecule has 0 aromatic heterocycles. The van der Waals surface area contributed by atoms with Crippen LogP contribution < -0.4 is 14.8 Å². The molecule has 1 N–H and O–H groups in total. The maximum atomic E-state index is 6.08. The molecule has 2 aromatic carbocycles. The second-order valence-corrected chi connectivity index (χ2v) is 7.56. The first kappa shape index (κ1) is 18.3. The SMILES string of the molecule is S=C(NCc1ccc2c(c1)OCO2)N1CCN(Cc2cccc(Cl)c2)CC1. The maximum absolute atomic E-state index is 6.08. The molecule has 2 aliphatic heterocycles. The van der Waals surface area contributed by atoms with Crippen molar-refractivity contribution in [3.8, 4) is 11.5 Å². The molecule has 0 aliphatic carbocycles. The summed E-state index contributed by atoms with van der Waals surface area (Å²) in [5.41, 5.74) is 2.38. The van der Waals surface area contributed by atoms with Crippen LogP contribution in [-0.4, -0.2) is 47.9 Å². The van der Waals surface area contributed by atoms with Crippen molar-refractivity contribution in [2.75, 3.05) is 33.0 Å². The lowest BCUT2D eigenvalue weighted by molar-refractivity contribution is 0.174. The van der Waals surface area contributed by atoms with Crippen molar-refractivity contribution in [2.24, 2.45) is 0 Å². The van der Waals surface area contributed by atoms with Gasteiger partial charge in [0.2, 0.25) is 6.79 Å². The zero-order chi connectivity index (χ0) is 18.6. The molecule has 2 aliphatic rings. The highest BCUT2D eigenvalue weighted by Crippen LogP contribution is 2.32. The first-order chi connectivity index (χ1) is 13.2. The molecule has 0 amide bonds. The standard InChI is InChI=1S/C20H22ClN3O2S/c21-17-3-1-2-16(10-17)13-23-6-8-24(9-7-23)20(27)22-12-15-4-5-18-19(11-15)26-14-25-18/h1-5,10-11H,6-9,12-14H2,(H,22,27). The molecule has 0 radical (unpaired) electrons. The fourth-order valence-corrected chi connectivity index (χ4v) is 3.81. The van der Waals surface area contributed by atoms with Crippen molar-refractivity contribution >= 4 is 28.9 Å². The van der Waals surface area contributed by atoms with E-state index in [4.69, 9.17) is 33.3 Å². The Balaban J connectivity index is 1.24. The molecular weight excluding hydrogens is 382 g/mol. The Bertz CT molecular complexity index is 825. The number of hydrogen-bond acceptors (Lipinski definition) is 4. The van der Waals surface area contributed by atoms with Crippen LogP contribution in [0.25, 0.3) is 0 Å². The lowest BCUT2D eigenvalue weighted by atomic mass is 10.2. The van der Waals surface area contributed by atoms with E-state index in [1.807, 2.05) is 36.4 Å². The minimum absolute atomic E-state index is 0.296. The Morgan fingerprint density at radius 2 is 1.81 bits per heavy atom. The first-order valence-electron chi connectivity index (χ1n) is 9.05. The number of fused-ring (bicyclic) bond motifs is 1. The van der Waals surface area contributed by atoms with Crippen molar-refractivity contribution in [3.05, 3.63) is 58.6 Å². The van der Waals surface area contributed by atoms with E-state index in [-0.39, 0.29) is 0 Å². The van der Waals surface area contributed by atoms with Gasteiger partial charge in [0, 0.05) is 44.3 Å². The summed E-state index contributed by atoms with van der Waals surface area (Å²) < 4.78 is 10.8. The number of ether oxygens (including phenoxy) is 2. The first-order valence-corrected chi connectivity index (χ1v) is 9.84. The average molecular weight is 404 g/mol. The van der Waals surface area contributed by atoms with E-state index >= 15 is 0 Å². The van der Waals surface area contributed by atoms with Crippen molar-refractivity contribution in [3.63, 3.8) is 0 Å². The number of nitrogens with one attached hydrogen (secondary N) is 1. The second-order valence-electron chi connectivity index (χ2n) is 6.74. The van der Waals surface area contributed by atoms with Crippen LogP contribution in [0.1, 0.15) is 11.1 Å². The molecule has 0 unspecified atom stereocenters. The summed E-state index contributed by atoms with van der Waals surface area (Å²) in [6.07, 6.45) is 0. The van der Waals surface area contributed by atoms with Crippen molar-refractivity contribution < 1.29 is 9.47 Å². The molecule has 142 valence electrons. The molecule has 1 saturated heterocycles. The van der Waals surface area contributed by atoms with Gasteiger partial charge in [-0.15, -0.1) is 0 Å². The van der Waals surface area contributed by atoms with Gasteiger partial charge in [-0.2, -0.15) is 0 Å². The largest absolute Gasteiger partial charge is 0.454 e. The highest BCUT2D eigenvalue weighted by Gasteiger charge is 2.19. The van der Waals surface area contributed by atoms with E-state index in [0.717, 1.165) is 59.9 Å². The smallest absolute Gasteiger partial charge is 0.231 e. The van der Waals surface area contributed by atoms with Crippen molar-refractivity contribution in [1.29, 1.82) is 0 Å². The van der Waals surface area contributed by atoms with Crippen LogP contribution >= 0.6 is 23.8 Å². The number of nitrogens with zero attached hydrogens (tertiary/aromatic N) is 2. The van der Waals surface area contributed by atoms with E-state index < -0.39 is 0 Å². The number of thiocarbonyl (C=S) groups is 1. The van der Waals surface area contributed by atoms with Crippen molar-refractivity contribution in [1.82, 2.24) is 15.1 Å². The van der Waals surface area contributed by atoms with E-state index in [2.05, 4.69) is 21.2 Å².